The summed E-state index contributed by atoms with van der Waals surface area (Å²) in [5.74, 6) is -0.207. The van der Waals surface area contributed by atoms with E-state index in [0.717, 1.165) is 17.8 Å². The Bertz CT molecular complexity index is 975. The summed E-state index contributed by atoms with van der Waals surface area (Å²) >= 11 is 0. The largest absolute Gasteiger partial charge is 0.419 e. The standard InChI is InChI=1S/C17H15F4N5/c1-2-11-8-14(26-15(24-11)22-9-23-26)25-16(5-6-16)10-3-4-12(13(18)7-10)17(19,20)21/h3-4,7-9,25H,2,5-6H2,1H3. The molecule has 0 amide bonds. The highest BCUT2D eigenvalue weighted by Gasteiger charge is 2.46. The topological polar surface area (TPSA) is 55.1 Å². The van der Waals surface area contributed by atoms with Gasteiger partial charge in [0, 0.05) is 11.8 Å². The molecule has 26 heavy (non-hydrogen) atoms. The van der Waals surface area contributed by atoms with Crippen molar-refractivity contribution < 1.29 is 17.6 Å². The fraction of sp³-hybridized carbons (Fsp3) is 0.353. The van der Waals surface area contributed by atoms with E-state index in [2.05, 4.69) is 20.4 Å². The number of hydrogen-bond acceptors (Lipinski definition) is 4. The second-order valence-corrected chi connectivity index (χ2v) is 6.36. The quantitative estimate of drug-likeness (QED) is 0.712. The van der Waals surface area contributed by atoms with Crippen molar-refractivity contribution in [2.75, 3.05) is 5.32 Å². The summed E-state index contributed by atoms with van der Waals surface area (Å²) in [5, 5.41) is 7.43. The van der Waals surface area contributed by atoms with Gasteiger partial charge in [0.1, 0.15) is 18.0 Å². The highest BCUT2D eigenvalue weighted by molar-refractivity contribution is 5.51. The van der Waals surface area contributed by atoms with Gasteiger partial charge in [-0.05, 0) is 37.0 Å². The Morgan fingerprint density at radius 2 is 2.00 bits per heavy atom. The van der Waals surface area contributed by atoms with Crippen LogP contribution in [-0.4, -0.2) is 19.6 Å². The molecule has 5 nitrogen and oxygen atoms in total. The first-order chi connectivity index (χ1) is 12.3. The summed E-state index contributed by atoms with van der Waals surface area (Å²) in [7, 11) is 0. The van der Waals surface area contributed by atoms with Crippen LogP contribution in [0, 0.1) is 5.82 Å². The van der Waals surface area contributed by atoms with Crippen LogP contribution in [-0.2, 0) is 18.1 Å². The molecule has 0 aliphatic heterocycles. The summed E-state index contributed by atoms with van der Waals surface area (Å²) in [6.07, 6.45) is -1.28. The van der Waals surface area contributed by atoms with Crippen LogP contribution in [0.3, 0.4) is 0 Å². The van der Waals surface area contributed by atoms with Crippen molar-refractivity contribution in [1.82, 2.24) is 19.6 Å². The lowest BCUT2D eigenvalue weighted by atomic mass is 10.0. The maximum absolute atomic E-state index is 14.0. The minimum Gasteiger partial charge on any atom is -0.360 e. The van der Waals surface area contributed by atoms with Crippen molar-refractivity contribution in [2.45, 2.75) is 37.9 Å². The second kappa shape index (κ2) is 5.65. The molecule has 1 aromatic carbocycles. The second-order valence-electron chi connectivity index (χ2n) is 6.36. The number of alkyl halides is 3. The predicted molar refractivity (Wildman–Crippen MR) is 86.1 cm³/mol. The van der Waals surface area contributed by atoms with Crippen molar-refractivity contribution in [3.63, 3.8) is 0 Å². The summed E-state index contributed by atoms with van der Waals surface area (Å²) < 4.78 is 53.8. The number of aryl methyl sites for hydroxylation is 1. The van der Waals surface area contributed by atoms with Gasteiger partial charge in [0.25, 0.3) is 5.78 Å². The minimum atomic E-state index is -4.71. The van der Waals surface area contributed by atoms with Gasteiger partial charge in [-0.2, -0.15) is 27.8 Å². The van der Waals surface area contributed by atoms with Crippen molar-refractivity contribution in [3.05, 3.63) is 53.2 Å². The molecule has 1 saturated carbocycles. The minimum absolute atomic E-state index is 0.432. The van der Waals surface area contributed by atoms with Crippen LogP contribution in [0.4, 0.5) is 23.4 Å². The van der Waals surface area contributed by atoms with E-state index >= 15 is 0 Å². The Hall–Kier alpha value is -2.71. The molecule has 4 rings (SSSR count). The highest BCUT2D eigenvalue weighted by Crippen LogP contribution is 2.49. The molecule has 0 radical (unpaired) electrons. The molecule has 0 saturated heterocycles. The van der Waals surface area contributed by atoms with Gasteiger partial charge in [-0.1, -0.05) is 13.0 Å². The van der Waals surface area contributed by atoms with E-state index in [4.69, 9.17) is 0 Å². The van der Waals surface area contributed by atoms with Crippen LogP contribution in [0.15, 0.2) is 30.6 Å². The third-order valence-electron chi connectivity index (χ3n) is 4.61. The van der Waals surface area contributed by atoms with E-state index in [1.54, 1.807) is 0 Å². The molecule has 0 atom stereocenters. The van der Waals surface area contributed by atoms with Crippen LogP contribution < -0.4 is 5.32 Å². The predicted octanol–water partition coefficient (Wildman–Crippen LogP) is 3.95. The number of rotatable bonds is 4. The fourth-order valence-corrected chi connectivity index (χ4v) is 3.03. The zero-order chi connectivity index (χ0) is 18.5. The molecule has 136 valence electrons. The van der Waals surface area contributed by atoms with Crippen molar-refractivity contribution in [2.24, 2.45) is 0 Å². The van der Waals surface area contributed by atoms with Gasteiger partial charge < -0.3 is 5.32 Å². The Kier molecular flexibility index (Phi) is 3.64. The number of aromatic nitrogens is 4. The van der Waals surface area contributed by atoms with E-state index in [-0.39, 0.29) is 0 Å². The van der Waals surface area contributed by atoms with Gasteiger partial charge in [0.15, 0.2) is 0 Å². The van der Waals surface area contributed by atoms with Crippen LogP contribution in [0.25, 0.3) is 5.78 Å². The molecule has 1 aliphatic carbocycles. The molecule has 0 spiro atoms. The lowest BCUT2D eigenvalue weighted by Gasteiger charge is -2.21. The van der Waals surface area contributed by atoms with Gasteiger partial charge in [-0.15, -0.1) is 0 Å². The van der Waals surface area contributed by atoms with E-state index in [9.17, 15) is 17.6 Å². The number of nitrogens with one attached hydrogen (secondary N) is 1. The maximum Gasteiger partial charge on any atom is 0.419 e. The lowest BCUT2D eigenvalue weighted by molar-refractivity contribution is -0.140. The summed E-state index contributed by atoms with van der Waals surface area (Å²) in [6, 6.07) is 4.90. The van der Waals surface area contributed by atoms with Gasteiger partial charge in [-0.3, -0.25) is 0 Å². The normalized spacial score (nSPS) is 16.0. The number of fused-ring (bicyclic) bond motifs is 1. The Morgan fingerprint density at radius 3 is 2.62 bits per heavy atom. The van der Waals surface area contributed by atoms with E-state index < -0.39 is 23.1 Å². The fourth-order valence-electron chi connectivity index (χ4n) is 3.03. The number of halogens is 4. The molecule has 3 aromatic rings. The van der Waals surface area contributed by atoms with E-state index in [1.165, 1.54) is 16.9 Å². The first-order valence-electron chi connectivity index (χ1n) is 8.17. The summed E-state index contributed by atoms with van der Waals surface area (Å²) in [4.78, 5) is 8.43. The zero-order valence-corrected chi connectivity index (χ0v) is 13.8. The lowest BCUT2D eigenvalue weighted by Crippen LogP contribution is -2.22. The average Bonchev–Trinajstić information content (AvgIpc) is 3.20. The summed E-state index contributed by atoms with van der Waals surface area (Å²) in [5.41, 5.74) is -0.586. The molecule has 1 aliphatic rings. The number of hydrogen-bond donors (Lipinski definition) is 1. The smallest absolute Gasteiger partial charge is 0.360 e. The van der Waals surface area contributed by atoms with Crippen molar-refractivity contribution >= 4 is 11.6 Å². The van der Waals surface area contributed by atoms with Crippen LogP contribution in [0.1, 0.15) is 36.6 Å². The highest BCUT2D eigenvalue weighted by atomic mass is 19.4. The monoisotopic (exact) mass is 365 g/mol. The van der Waals surface area contributed by atoms with Gasteiger partial charge in [0.2, 0.25) is 0 Å². The van der Waals surface area contributed by atoms with Gasteiger partial charge in [-0.25, -0.2) is 9.37 Å². The molecule has 0 unspecified atom stereocenters. The number of anilines is 1. The Balaban J connectivity index is 1.71. The van der Waals surface area contributed by atoms with Crippen LogP contribution in [0.2, 0.25) is 0 Å². The number of benzene rings is 1. The Labute approximate surface area is 146 Å². The van der Waals surface area contributed by atoms with Gasteiger partial charge >= 0.3 is 6.18 Å². The van der Waals surface area contributed by atoms with Crippen molar-refractivity contribution in [3.8, 4) is 0 Å². The van der Waals surface area contributed by atoms with Crippen LogP contribution in [0.5, 0.6) is 0 Å². The summed E-state index contributed by atoms with van der Waals surface area (Å²) in [6.45, 7) is 1.96. The average molecular weight is 365 g/mol. The SMILES string of the molecule is CCc1cc(NC2(c3ccc(C(F)(F)F)c(F)c3)CC2)n2ncnc2n1. The van der Waals surface area contributed by atoms with E-state index in [0.29, 0.717) is 36.4 Å². The van der Waals surface area contributed by atoms with Crippen LogP contribution >= 0.6 is 0 Å². The molecule has 2 heterocycles. The van der Waals surface area contributed by atoms with E-state index in [1.807, 2.05) is 13.0 Å². The van der Waals surface area contributed by atoms with Gasteiger partial charge in [0.05, 0.1) is 11.1 Å². The maximum atomic E-state index is 14.0. The molecule has 1 fully saturated rings. The number of nitrogens with zero attached hydrogens (tertiary/aromatic N) is 4. The Morgan fingerprint density at radius 1 is 1.23 bits per heavy atom. The molecule has 9 heteroatoms. The molecule has 0 bridgehead atoms. The molecular formula is C17H15F4N5. The molecule has 1 N–H and O–H groups in total. The first kappa shape index (κ1) is 16.7. The molecule has 2 aromatic heterocycles. The molecular weight excluding hydrogens is 350 g/mol. The van der Waals surface area contributed by atoms with Crippen molar-refractivity contribution in [1.29, 1.82) is 0 Å². The zero-order valence-electron chi connectivity index (χ0n) is 13.8. The third kappa shape index (κ3) is 2.77. The first-order valence-corrected chi connectivity index (χ1v) is 8.17. The third-order valence-corrected chi connectivity index (χ3v) is 4.61.